The van der Waals surface area contributed by atoms with Gasteiger partial charge in [0, 0.05) is 46.7 Å². The van der Waals surface area contributed by atoms with Crippen LogP contribution >= 0.6 is 24.0 Å². The summed E-state index contributed by atoms with van der Waals surface area (Å²) in [4.78, 5) is 21.1. The summed E-state index contributed by atoms with van der Waals surface area (Å²) in [5.41, 5.74) is 2.78. The molecule has 0 aromatic heterocycles. The third-order valence-electron chi connectivity index (χ3n) is 6.53. The summed E-state index contributed by atoms with van der Waals surface area (Å²) in [5, 5.41) is 6.33. The molecule has 0 atom stereocenters. The first kappa shape index (κ1) is 25.9. The first-order valence-electron chi connectivity index (χ1n) is 11.6. The number of guanidine groups is 1. The smallest absolute Gasteiger partial charge is 0.220 e. The average Bonchev–Trinajstić information content (AvgIpc) is 3.05. The van der Waals surface area contributed by atoms with Gasteiger partial charge in [-0.25, -0.2) is 0 Å². The minimum atomic E-state index is 0. The molecule has 0 unspecified atom stereocenters. The highest BCUT2D eigenvalue weighted by Gasteiger charge is 2.23. The number of halogens is 1. The van der Waals surface area contributed by atoms with Crippen LogP contribution in [0.5, 0.6) is 0 Å². The topological polar surface area (TPSA) is 60.0 Å². The molecule has 174 valence electrons. The zero-order valence-corrected chi connectivity index (χ0v) is 21.6. The fourth-order valence-electron chi connectivity index (χ4n) is 4.64. The van der Waals surface area contributed by atoms with E-state index in [9.17, 15) is 4.79 Å². The van der Waals surface area contributed by atoms with Gasteiger partial charge in [-0.15, -0.1) is 24.0 Å². The van der Waals surface area contributed by atoms with E-state index >= 15 is 0 Å². The van der Waals surface area contributed by atoms with E-state index in [0.29, 0.717) is 12.3 Å². The van der Waals surface area contributed by atoms with Gasteiger partial charge in [0.15, 0.2) is 5.96 Å². The van der Waals surface area contributed by atoms with Crippen molar-refractivity contribution in [3.05, 3.63) is 35.4 Å². The molecule has 2 fully saturated rings. The van der Waals surface area contributed by atoms with Crippen molar-refractivity contribution in [3.8, 4) is 0 Å². The van der Waals surface area contributed by atoms with Crippen LogP contribution in [0.25, 0.3) is 0 Å². The molecule has 0 radical (unpaired) electrons. The normalized spacial score (nSPS) is 18.8. The second-order valence-electron chi connectivity index (χ2n) is 8.67. The van der Waals surface area contributed by atoms with Crippen molar-refractivity contribution in [2.45, 2.75) is 58.0 Å². The number of likely N-dealkylation sites (tertiary alicyclic amines) is 2. The van der Waals surface area contributed by atoms with E-state index in [0.717, 1.165) is 45.0 Å². The van der Waals surface area contributed by atoms with E-state index in [1.54, 1.807) is 7.05 Å². The Morgan fingerprint density at radius 3 is 2.29 bits per heavy atom. The number of hydrogen-bond donors (Lipinski definition) is 2. The number of nitrogens with one attached hydrogen (secondary N) is 2. The molecule has 31 heavy (non-hydrogen) atoms. The van der Waals surface area contributed by atoms with Crippen molar-refractivity contribution in [1.29, 1.82) is 0 Å². The van der Waals surface area contributed by atoms with E-state index < -0.39 is 0 Å². The molecular weight excluding hydrogens is 501 g/mol. The van der Waals surface area contributed by atoms with Crippen LogP contribution in [0.15, 0.2) is 29.3 Å². The summed E-state index contributed by atoms with van der Waals surface area (Å²) in [7, 11) is 3.58. The van der Waals surface area contributed by atoms with Gasteiger partial charge < -0.3 is 15.5 Å². The van der Waals surface area contributed by atoms with Crippen molar-refractivity contribution in [2.24, 2.45) is 10.9 Å². The van der Waals surface area contributed by atoms with E-state index in [4.69, 9.17) is 0 Å². The monoisotopic (exact) mass is 541 g/mol. The summed E-state index contributed by atoms with van der Waals surface area (Å²) in [6.45, 7) is 6.19. The number of hydrogen-bond acceptors (Lipinski definition) is 3. The van der Waals surface area contributed by atoms with Crippen molar-refractivity contribution in [1.82, 2.24) is 20.4 Å². The molecular formula is C24H40IN5O. The minimum Gasteiger partial charge on any atom is -0.359 e. The van der Waals surface area contributed by atoms with Crippen LogP contribution in [0.4, 0.5) is 0 Å². The number of piperidine rings is 1. The Bertz CT molecular complexity index is 695. The average molecular weight is 542 g/mol. The quantitative estimate of drug-likeness (QED) is 0.328. The van der Waals surface area contributed by atoms with Gasteiger partial charge in [0.1, 0.15) is 0 Å². The molecule has 3 rings (SSSR count). The van der Waals surface area contributed by atoms with Crippen molar-refractivity contribution < 1.29 is 4.79 Å². The summed E-state index contributed by atoms with van der Waals surface area (Å²) in [5.74, 6) is 1.60. The predicted molar refractivity (Wildman–Crippen MR) is 139 cm³/mol. The lowest BCUT2D eigenvalue weighted by atomic mass is 9.93. The summed E-state index contributed by atoms with van der Waals surface area (Å²) < 4.78 is 0. The van der Waals surface area contributed by atoms with Gasteiger partial charge >= 0.3 is 0 Å². The number of nitrogens with zero attached hydrogens (tertiary/aromatic N) is 3. The highest BCUT2D eigenvalue weighted by atomic mass is 127. The molecule has 2 saturated heterocycles. The fraction of sp³-hybridized carbons (Fsp3) is 0.667. The number of aliphatic imine (C=N–C) groups is 1. The third kappa shape index (κ3) is 8.25. The van der Waals surface area contributed by atoms with Gasteiger partial charge in [-0.2, -0.15) is 0 Å². The van der Waals surface area contributed by atoms with Crippen molar-refractivity contribution >= 4 is 35.8 Å². The Kier molecular flexibility index (Phi) is 11.6. The molecule has 2 aliphatic heterocycles. The Morgan fingerprint density at radius 2 is 1.68 bits per heavy atom. The van der Waals surface area contributed by atoms with E-state index in [1.165, 1.54) is 49.9 Å². The predicted octanol–water partition coefficient (Wildman–Crippen LogP) is 3.60. The molecule has 7 heteroatoms. The number of carbonyl (C=O) groups is 1. The van der Waals surface area contributed by atoms with Crippen LogP contribution < -0.4 is 10.6 Å². The highest BCUT2D eigenvalue weighted by Crippen LogP contribution is 2.21. The van der Waals surface area contributed by atoms with Crippen LogP contribution in [0.1, 0.15) is 56.1 Å². The SMILES string of the molecule is CN=C(NCc1ccccc1CN1CCCCCC1)N1CCC(CC(=O)NC)CC1.I. The second kappa shape index (κ2) is 13.9. The number of amides is 1. The first-order valence-corrected chi connectivity index (χ1v) is 11.6. The summed E-state index contributed by atoms with van der Waals surface area (Å²) in [6.07, 6.45) is 8.11. The lowest BCUT2D eigenvalue weighted by molar-refractivity contribution is -0.121. The first-order chi connectivity index (χ1) is 14.7. The largest absolute Gasteiger partial charge is 0.359 e. The number of carbonyl (C=O) groups excluding carboxylic acids is 1. The molecule has 6 nitrogen and oxygen atoms in total. The minimum absolute atomic E-state index is 0. The summed E-state index contributed by atoms with van der Waals surface area (Å²) in [6, 6.07) is 8.80. The van der Waals surface area contributed by atoms with Gasteiger partial charge in [-0.05, 0) is 55.8 Å². The maximum Gasteiger partial charge on any atom is 0.220 e. The van der Waals surface area contributed by atoms with Crippen LogP contribution in [-0.4, -0.2) is 61.9 Å². The summed E-state index contributed by atoms with van der Waals surface area (Å²) >= 11 is 0. The number of rotatable bonds is 6. The van der Waals surface area contributed by atoms with Crippen molar-refractivity contribution in [3.63, 3.8) is 0 Å². The molecule has 1 aromatic carbocycles. The van der Waals surface area contributed by atoms with Gasteiger partial charge in [-0.1, -0.05) is 37.1 Å². The molecule has 0 saturated carbocycles. The second-order valence-corrected chi connectivity index (χ2v) is 8.67. The van der Waals surface area contributed by atoms with Gasteiger partial charge in [-0.3, -0.25) is 14.7 Å². The Hall–Kier alpha value is -1.35. The van der Waals surface area contributed by atoms with Crippen LogP contribution in [0.2, 0.25) is 0 Å². The van der Waals surface area contributed by atoms with Crippen LogP contribution in [0.3, 0.4) is 0 Å². The van der Waals surface area contributed by atoms with E-state index in [1.807, 2.05) is 7.05 Å². The zero-order valence-electron chi connectivity index (χ0n) is 19.2. The molecule has 1 amide bonds. The van der Waals surface area contributed by atoms with Crippen LogP contribution in [0, 0.1) is 5.92 Å². The fourth-order valence-corrected chi connectivity index (χ4v) is 4.64. The lowest BCUT2D eigenvalue weighted by Gasteiger charge is -2.34. The number of benzene rings is 1. The van der Waals surface area contributed by atoms with Gasteiger partial charge in [0.25, 0.3) is 0 Å². The van der Waals surface area contributed by atoms with Crippen molar-refractivity contribution in [2.75, 3.05) is 40.3 Å². The Morgan fingerprint density at radius 1 is 1.03 bits per heavy atom. The molecule has 2 aliphatic rings. The lowest BCUT2D eigenvalue weighted by Crippen LogP contribution is -2.45. The molecule has 0 bridgehead atoms. The third-order valence-corrected chi connectivity index (χ3v) is 6.53. The van der Waals surface area contributed by atoms with E-state index in [-0.39, 0.29) is 29.9 Å². The van der Waals surface area contributed by atoms with E-state index in [2.05, 4.69) is 49.7 Å². The zero-order chi connectivity index (χ0) is 21.2. The molecule has 1 aromatic rings. The van der Waals surface area contributed by atoms with Crippen LogP contribution in [-0.2, 0) is 17.9 Å². The highest BCUT2D eigenvalue weighted by molar-refractivity contribution is 14.0. The van der Waals surface area contributed by atoms with Gasteiger partial charge in [0.05, 0.1) is 0 Å². The van der Waals surface area contributed by atoms with Gasteiger partial charge in [0.2, 0.25) is 5.91 Å². The Labute approximate surface area is 205 Å². The molecule has 2 N–H and O–H groups in total. The maximum atomic E-state index is 11.6. The maximum absolute atomic E-state index is 11.6. The Balaban J connectivity index is 0.00000341. The molecule has 2 heterocycles. The molecule has 0 aliphatic carbocycles. The standard InChI is InChI=1S/C24H39N5O.HI/c1-25-23(30)17-20-11-15-29(16-12-20)24(26-2)27-18-21-9-5-6-10-22(21)19-28-13-7-3-4-8-14-28;/h5-6,9-10,20H,3-4,7-8,11-19H2,1-2H3,(H,25,30)(H,26,27);1H. The molecule has 0 spiro atoms.